The maximum absolute atomic E-state index is 3.65. The Morgan fingerprint density at radius 1 is 1.50 bits per heavy atom. The maximum Gasteiger partial charge on any atom is 0.0158 e. The average Bonchev–Trinajstić information content (AvgIpc) is 2.18. The summed E-state index contributed by atoms with van der Waals surface area (Å²) in [5.74, 6) is 6.13. The summed E-state index contributed by atoms with van der Waals surface area (Å²) in [5, 5.41) is 3.65. The summed E-state index contributed by atoms with van der Waals surface area (Å²) in [5.41, 5.74) is 0. The van der Waals surface area contributed by atoms with E-state index in [-0.39, 0.29) is 0 Å². The van der Waals surface area contributed by atoms with Crippen molar-refractivity contribution in [1.82, 2.24) is 5.32 Å². The standard InChI is InChI=1S/C11H23NS2/c1-10(2)8-14-7-5-12-11-4-3-6-13-9-11/h10-12H,3-9H2,1-2H3. The fourth-order valence-electron chi connectivity index (χ4n) is 1.56. The number of rotatable bonds is 6. The summed E-state index contributed by atoms with van der Waals surface area (Å²) in [6.07, 6.45) is 2.79. The van der Waals surface area contributed by atoms with Crippen LogP contribution in [0.25, 0.3) is 0 Å². The van der Waals surface area contributed by atoms with Gasteiger partial charge in [0.05, 0.1) is 0 Å². The molecule has 1 saturated heterocycles. The van der Waals surface area contributed by atoms with Gasteiger partial charge in [-0.2, -0.15) is 23.5 Å². The summed E-state index contributed by atoms with van der Waals surface area (Å²) in [6.45, 7) is 5.78. The van der Waals surface area contributed by atoms with Crippen LogP contribution < -0.4 is 5.32 Å². The lowest BCUT2D eigenvalue weighted by molar-refractivity contribution is 0.525. The van der Waals surface area contributed by atoms with Crippen LogP contribution in [0.5, 0.6) is 0 Å². The molecule has 1 N–H and O–H groups in total. The predicted octanol–water partition coefficient (Wildman–Crippen LogP) is 2.86. The van der Waals surface area contributed by atoms with E-state index in [9.17, 15) is 0 Å². The van der Waals surface area contributed by atoms with Gasteiger partial charge in [0.1, 0.15) is 0 Å². The van der Waals surface area contributed by atoms with E-state index in [0.717, 1.165) is 12.0 Å². The largest absolute Gasteiger partial charge is 0.312 e. The highest BCUT2D eigenvalue weighted by Crippen LogP contribution is 2.16. The number of nitrogens with one attached hydrogen (secondary N) is 1. The third-order valence-electron chi connectivity index (χ3n) is 2.29. The fourth-order valence-corrected chi connectivity index (χ4v) is 3.56. The first-order valence-electron chi connectivity index (χ1n) is 5.68. The van der Waals surface area contributed by atoms with Crippen LogP contribution in [0.1, 0.15) is 26.7 Å². The third-order valence-corrected chi connectivity index (χ3v) is 4.90. The first-order chi connectivity index (χ1) is 6.79. The zero-order valence-electron chi connectivity index (χ0n) is 9.42. The summed E-state index contributed by atoms with van der Waals surface area (Å²) in [4.78, 5) is 0. The lowest BCUT2D eigenvalue weighted by atomic mass is 10.2. The van der Waals surface area contributed by atoms with Gasteiger partial charge < -0.3 is 5.32 Å². The SMILES string of the molecule is CC(C)CSCCNC1CCCSC1. The van der Waals surface area contributed by atoms with E-state index >= 15 is 0 Å². The molecule has 1 fully saturated rings. The number of hydrogen-bond acceptors (Lipinski definition) is 3. The highest BCUT2D eigenvalue weighted by atomic mass is 32.2. The van der Waals surface area contributed by atoms with Gasteiger partial charge in [0.25, 0.3) is 0 Å². The first kappa shape index (κ1) is 12.7. The number of hydrogen-bond donors (Lipinski definition) is 1. The van der Waals surface area contributed by atoms with Gasteiger partial charge in [0.2, 0.25) is 0 Å². The van der Waals surface area contributed by atoms with Crippen LogP contribution in [0.4, 0.5) is 0 Å². The minimum absolute atomic E-state index is 0.799. The smallest absolute Gasteiger partial charge is 0.0158 e. The van der Waals surface area contributed by atoms with E-state index in [2.05, 4.69) is 42.7 Å². The second-order valence-corrected chi connectivity index (χ2v) is 6.64. The Balaban J connectivity index is 1.87. The van der Waals surface area contributed by atoms with Crippen LogP contribution in [0, 0.1) is 5.92 Å². The normalized spacial score (nSPS) is 22.9. The molecule has 0 aromatic carbocycles. The van der Waals surface area contributed by atoms with Gasteiger partial charge in [0, 0.05) is 24.1 Å². The quantitative estimate of drug-likeness (QED) is 0.709. The molecular weight excluding hydrogens is 210 g/mol. The second-order valence-electron chi connectivity index (χ2n) is 4.34. The molecule has 1 nitrogen and oxygen atoms in total. The molecule has 0 spiro atoms. The summed E-state index contributed by atoms with van der Waals surface area (Å²) in [6, 6.07) is 0.799. The molecule has 84 valence electrons. The maximum atomic E-state index is 3.65. The number of thioether (sulfide) groups is 2. The molecule has 1 unspecified atom stereocenters. The zero-order valence-corrected chi connectivity index (χ0v) is 11.1. The van der Waals surface area contributed by atoms with Crippen molar-refractivity contribution < 1.29 is 0 Å². The Labute approximate surface area is 97.2 Å². The predicted molar refractivity (Wildman–Crippen MR) is 70.5 cm³/mol. The summed E-state index contributed by atoms with van der Waals surface area (Å²) >= 11 is 4.18. The molecule has 0 aromatic rings. The van der Waals surface area contributed by atoms with Gasteiger partial charge in [-0.3, -0.25) is 0 Å². The Kier molecular flexibility index (Phi) is 7.17. The Morgan fingerprint density at radius 2 is 2.36 bits per heavy atom. The molecule has 0 aromatic heterocycles. The van der Waals surface area contributed by atoms with Crippen molar-refractivity contribution in [2.24, 2.45) is 5.92 Å². The average molecular weight is 233 g/mol. The van der Waals surface area contributed by atoms with Crippen molar-refractivity contribution in [3.05, 3.63) is 0 Å². The molecule has 1 aliphatic heterocycles. The summed E-state index contributed by atoms with van der Waals surface area (Å²) < 4.78 is 0. The molecule has 0 aliphatic carbocycles. The Morgan fingerprint density at radius 3 is 3.00 bits per heavy atom. The van der Waals surface area contributed by atoms with Gasteiger partial charge in [-0.25, -0.2) is 0 Å². The molecule has 1 aliphatic rings. The van der Waals surface area contributed by atoms with Crippen LogP contribution >= 0.6 is 23.5 Å². The van der Waals surface area contributed by atoms with Crippen molar-refractivity contribution in [2.75, 3.05) is 29.6 Å². The Hall–Kier alpha value is 0.660. The zero-order chi connectivity index (χ0) is 10.2. The third kappa shape index (κ3) is 6.20. The van der Waals surface area contributed by atoms with Gasteiger partial charge in [0.15, 0.2) is 0 Å². The molecule has 0 radical (unpaired) electrons. The summed E-state index contributed by atoms with van der Waals surface area (Å²) in [7, 11) is 0. The molecule has 3 heteroatoms. The van der Waals surface area contributed by atoms with Crippen molar-refractivity contribution in [1.29, 1.82) is 0 Å². The van der Waals surface area contributed by atoms with Crippen LogP contribution in [0.15, 0.2) is 0 Å². The van der Waals surface area contributed by atoms with Gasteiger partial charge in [-0.15, -0.1) is 0 Å². The highest BCUT2D eigenvalue weighted by molar-refractivity contribution is 7.99. The molecule has 1 atom stereocenters. The molecule has 1 rings (SSSR count). The lowest BCUT2D eigenvalue weighted by Gasteiger charge is -2.22. The monoisotopic (exact) mass is 233 g/mol. The van der Waals surface area contributed by atoms with Crippen LogP contribution in [0.3, 0.4) is 0 Å². The van der Waals surface area contributed by atoms with Gasteiger partial charge >= 0.3 is 0 Å². The van der Waals surface area contributed by atoms with Crippen molar-refractivity contribution >= 4 is 23.5 Å². The van der Waals surface area contributed by atoms with Gasteiger partial charge in [-0.05, 0) is 30.3 Å². The molecule has 0 saturated carbocycles. The molecule has 0 bridgehead atoms. The highest BCUT2D eigenvalue weighted by Gasteiger charge is 2.11. The van der Waals surface area contributed by atoms with Crippen molar-refractivity contribution in [3.8, 4) is 0 Å². The van der Waals surface area contributed by atoms with Crippen LogP contribution in [-0.4, -0.2) is 35.6 Å². The minimum Gasteiger partial charge on any atom is -0.312 e. The molecular formula is C11H23NS2. The fraction of sp³-hybridized carbons (Fsp3) is 1.00. The van der Waals surface area contributed by atoms with E-state index < -0.39 is 0 Å². The van der Waals surface area contributed by atoms with E-state index in [1.807, 2.05) is 0 Å². The molecule has 14 heavy (non-hydrogen) atoms. The Bertz CT molecular complexity index is 133. The van der Waals surface area contributed by atoms with E-state index in [1.54, 1.807) is 0 Å². The molecule has 0 amide bonds. The minimum atomic E-state index is 0.799. The second kappa shape index (κ2) is 7.89. The lowest BCUT2D eigenvalue weighted by Crippen LogP contribution is -2.35. The van der Waals surface area contributed by atoms with E-state index in [1.165, 1.54) is 42.4 Å². The molecule has 1 heterocycles. The van der Waals surface area contributed by atoms with Crippen molar-refractivity contribution in [3.63, 3.8) is 0 Å². The van der Waals surface area contributed by atoms with Crippen molar-refractivity contribution in [2.45, 2.75) is 32.7 Å². The van der Waals surface area contributed by atoms with Gasteiger partial charge in [-0.1, -0.05) is 13.8 Å². The van der Waals surface area contributed by atoms with Crippen LogP contribution in [-0.2, 0) is 0 Å². The van der Waals surface area contributed by atoms with Crippen LogP contribution in [0.2, 0.25) is 0 Å². The van der Waals surface area contributed by atoms with E-state index in [0.29, 0.717) is 0 Å². The topological polar surface area (TPSA) is 12.0 Å². The first-order valence-corrected chi connectivity index (χ1v) is 7.99. The van der Waals surface area contributed by atoms with E-state index in [4.69, 9.17) is 0 Å².